The van der Waals surface area contributed by atoms with Crippen LogP contribution in [-0.2, 0) is 29.4 Å². The van der Waals surface area contributed by atoms with Crippen LogP contribution in [0.2, 0.25) is 0 Å². The van der Waals surface area contributed by atoms with E-state index in [0.29, 0.717) is 16.8 Å². The van der Waals surface area contributed by atoms with Crippen LogP contribution in [0.5, 0.6) is 11.5 Å². The number of phenols is 1. The highest BCUT2D eigenvalue weighted by Gasteiger charge is 2.70. The number of amides is 4. The predicted molar refractivity (Wildman–Crippen MR) is 177 cm³/mol. The molecule has 2 aliphatic heterocycles. The Labute approximate surface area is 283 Å². The normalized spacial score (nSPS) is 27.4. The number of carbonyl (C=O) groups excluding carboxylic acids is 4. The summed E-state index contributed by atoms with van der Waals surface area (Å²) < 4.78 is 5.50. The van der Waals surface area contributed by atoms with E-state index in [-0.39, 0.29) is 55.5 Å². The number of carboxylic acid groups (broad SMARTS) is 1. The Morgan fingerprint density at radius 1 is 0.959 bits per heavy atom. The minimum absolute atomic E-state index is 0.000650. The highest BCUT2D eigenvalue weighted by molar-refractivity contribution is 6.13. The first-order chi connectivity index (χ1) is 23.6. The molecule has 252 valence electrons. The molecule has 2 heterocycles. The molecule has 0 aromatic heterocycles. The Balaban J connectivity index is 1.40. The lowest BCUT2D eigenvalue weighted by molar-refractivity contribution is -0.142. The van der Waals surface area contributed by atoms with E-state index in [2.05, 4.69) is 5.43 Å². The lowest BCUT2D eigenvalue weighted by Gasteiger charge is -2.50. The summed E-state index contributed by atoms with van der Waals surface area (Å²) in [5, 5.41) is 20.8. The smallest absolute Gasteiger partial charge is 0.303 e. The van der Waals surface area contributed by atoms with E-state index in [1.807, 2.05) is 55.5 Å². The first-order valence-electron chi connectivity index (χ1n) is 16.5. The molecule has 4 amide bonds. The Hall–Kier alpha value is -5.45. The van der Waals surface area contributed by atoms with Gasteiger partial charge in [0, 0.05) is 18.9 Å². The topological polar surface area (TPSA) is 154 Å². The highest BCUT2D eigenvalue weighted by Crippen LogP contribution is 2.64. The molecule has 6 atom stereocenters. The van der Waals surface area contributed by atoms with Crippen LogP contribution in [0.15, 0.2) is 84.4 Å². The van der Waals surface area contributed by atoms with Gasteiger partial charge in [-0.3, -0.25) is 34.3 Å². The number of aliphatic carboxylic acids is 1. The highest BCUT2D eigenvalue weighted by atomic mass is 16.5. The van der Waals surface area contributed by atoms with E-state index in [4.69, 9.17) is 9.84 Å². The number of anilines is 1. The maximum atomic E-state index is 15.2. The van der Waals surface area contributed by atoms with E-state index in [9.17, 15) is 24.3 Å². The van der Waals surface area contributed by atoms with Gasteiger partial charge in [0.25, 0.3) is 11.8 Å². The summed E-state index contributed by atoms with van der Waals surface area (Å²) >= 11 is 0. The average molecular weight is 664 g/mol. The predicted octanol–water partition coefficient (Wildman–Crippen LogP) is 4.56. The van der Waals surface area contributed by atoms with Crippen LogP contribution < -0.4 is 10.2 Å². The van der Waals surface area contributed by atoms with Crippen molar-refractivity contribution >= 4 is 35.3 Å². The number of ether oxygens (including phenoxy) is 1. The van der Waals surface area contributed by atoms with Gasteiger partial charge in [-0.1, -0.05) is 65.7 Å². The number of rotatable bonds is 9. The molecule has 11 heteroatoms. The van der Waals surface area contributed by atoms with Crippen LogP contribution >= 0.6 is 0 Å². The zero-order chi connectivity index (χ0) is 34.6. The van der Waals surface area contributed by atoms with Crippen molar-refractivity contribution in [2.75, 3.05) is 19.1 Å². The Bertz CT molecular complexity index is 1890. The molecule has 4 aliphatic rings. The second-order valence-electron chi connectivity index (χ2n) is 13.3. The number of fused-ring (bicyclic) bond motifs is 4. The molecular weight excluding hydrogens is 626 g/mol. The van der Waals surface area contributed by atoms with Crippen LogP contribution in [0.1, 0.15) is 48.3 Å². The molecule has 0 radical (unpaired) electrons. The number of carbonyl (C=O) groups is 5. The molecule has 3 aromatic carbocycles. The van der Waals surface area contributed by atoms with Crippen molar-refractivity contribution in [2.24, 2.45) is 23.7 Å². The first-order valence-corrected chi connectivity index (χ1v) is 16.5. The largest absolute Gasteiger partial charge is 0.504 e. The second kappa shape index (κ2) is 12.2. The van der Waals surface area contributed by atoms with Gasteiger partial charge in [-0.15, -0.1) is 0 Å². The number of aryl methyl sites for hydroxylation is 1. The fraction of sp³-hybridized carbons (Fsp3) is 0.342. The van der Waals surface area contributed by atoms with Crippen LogP contribution in [0.3, 0.4) is 0 Å². The van der Waals surface area contributed by atoms with Gasteiger partial charge in [0.15, 0.2) is 11.5 Å². The zero-order valence-corrected chi connectivity index (χ0v) is 27.2. The molecule has 3 aromatic rings. The van der Waals surface area contributed by atoms with Crippen molar-refractivity contribution < 1.29 is 38.9 Å². The van der Waals surface area contributed by atoms with Crippen molar-refractivity contribution in [3.8, 4) is 11.5 Å². The standard InChI is InChI=1S/C38H37N3O8/c1-21-10-13-24(14-11-21)39-41-35(46)28-20-27-25(15-16-26-32(27)36(47)40(34(26)45)18-6-9-31(43)44)33(22-12-17-29(42)30(19-22)49-2)38(28,37(41)48)23-7-4-3-5-8-23/h3-5,7-8,10-15,17,19,26-28,32-33,39,42H,6,9,16,18,20H2,1-2H3,(H,43,44)/t26-,27+,28-,32-,33-,38+/m0/s1. The summed E-state index contributed by atoms with van der Waals surface area (Å²) in [5.74, 6) is -6.18. The number of carboxylic acids is 1. The molecule has 3 fully saturated rings. The van der Waals surface area contributed by atoms with E-state index >= 15 is 4.79 Å². The third-order valence-electron chi connectivity index (χ3n) is 10.8. The molecule has 0 unspecified atom stereocenters. The molecule has 0 spiro atoms. The summed E-state index contributed by atoms with van der Waals surface area (Å²) in [6, 6.07) is 21.4. The summed E-state index contributed by atoms with van der Waals surface area (Å²) in [5.41, 5.74) is 5.23. The number of aromatic hydroxyl groups is 1. The number of benzene rings is 3. The number of phenolic OH excluding ortho intramolecular Hbond substituents is 1. The van der Waals surface area contributed by atoms with E-state index in [0.717, 1.165) is 16.1 Å². The molecule has 2 aliphatic carbocycles. The number of likely N-dealkylation sites (tertiary alicyclic amines) is 1. The quantitative estimate of drug-likeness (QED) is 0.221. The lowest BCUT2D eigenvalue weighted by atomic mass is 9.49. The monoisotopic (exact) mass is 663 g/mol. The number of allylic oxidation sites excluding steroid dienone is 2. The van der Waals surface area contributed by atoms with Gasteiger partial charge in [-0.2, -0.15) is 5.01 Å². The summed E-state index contributed by atoms with van der Waals surface area (Å²) in [6.45, 7) is 1.94. The molecule has 2 saturated heterocycles. The Morgan fingerprint density at radius 2 is 1.69 bits per heavy atom. The van der Waals surface area contributed by atoms with Crippen molar-refractivity contribution in [3.05, 3.63) is 101 Å². The molecule has 7 rings (SSSR count). The van der Waals surface area contributed by atoms with Crippen LogP contribution in [0.25, 0.3) is 0 Å². The van der Waals surface area contributed by atoms with Crippen LogP contribution in [0.4, 0.5) is 5.69 Å². The number of methoxy groups -OCH3 is 1. The van der Waals surface area contributed by atoms with Crippen molar-refractivity contribution in [1.29, 1.82) is 0 Å². The number of hydrogen-bond acceptors (Lipinski definition) is 8. The van der Waals surface area contributed by atoms with Crippen molar-refractivity contribution in [2.45, 2.75) is 43.9 Å². The third kappa shape index (κ3) is 4.98. The molecule has 0 bridgehead atoms. The van der Waals surface area contributed by atoms with Crippen LogP contribution in [0, 0.1) is 30.6 Å². The van der Waals surface area contributed by atoms with E-state index in [1.165, 1.54) is 18.1 Å². The number of nitrogens with one attached hydrogen (secondary N) is 1. The number of nitrogens with zero attached hydrogens (tertiary/aromatic N) is 2. The van der Waals surface area contributed by atoms with Crippen molar-refractivity contribution in [3.63, 3.8) is 0 Å². The maximum absolute atomic E-state index is 15.2. The van der Waals surface area contributed by atoms with Gasteiger partial charge in [-0.25, -0.2) is 0 Å². The fourth-order valence-electron chi connectivity index (χ4n) is 8.67. The second-order valence-corrected chi connectivity index (χ2v) is 13.3. The maximum Gasteiger partial charge on any atom is 0.303 e. The summed E-state index contributed by atoms with van der Waals surface area (Å²) in [7, 11) is 1.43. The number of hydrazine groups is 1. The lowest BCUT2D eigenvalue weighted by Crippen LogP contribution is -2.53. The minimum Gasteiger partial charge on any atom is -0.504 e. The third-order valence-corrected chi connectivity index (χ3v) is 10.8. The van der Waals surface area contributed by atoms with Gasteiger partial charge in [0.2, 0.25) is 11.8 Å². The number of hydrogen-bond donors (Lipinski definition) is 3. The van der Waals surface area contributed by atoms with Gasteiger partial charge < -0.3 is 14.9 Å². The Morgan fingerprint density at radius 3 is 2.39 bits per heavy atom. The molecular formula is C38H37N3O8. The molecule has 1 saturated carbocycles. The zero-order valence-electron chi connectivity index (χ0n) is 27.2. The molecule has 49 heavy (non-hydrogen) atoms. The summed E-state index contributed by atoms with van der Waals surface area (Å²) in [6.07, 6.45) is 2.32. The summed E-state index contributed by atoms with van der Waals surface area (Å²) in [4.78, 5) is 69.9. The van der Waals surface area contributed by atoms with Gasteiger partial charge in [0.05, 0.1) is 36.0 Å². The van der Waals surface area contributed by atoms with Gasteiger partial charge >= 0.3 is 5.97 Å². The van der Waals surface area contributed by atoms with E-state index < -0.39 is 52.8 Å². The fourth-order valence-corrected chi connectivity index (χ4v) is 8.67. The van der Waals surface area contributed by atoms with Gasteiger partial charge in [0.1, 0.15) is 0 Å². The first kappa shape index (κ1) is 32.1. The van der Waals surface area contributed by atoms with Crippen molar-refractivity contribution in [1.82, 2.24) is 9.91 Å². The average Bonchev–Trinajstić information content (AvgIpc) is 3.47. The minimum atomic E-state index is -1.44. The number of imide groups is 2. The van der Waals surface area contributed by atoms with Gasteiger partial charge in [-0.05, 0) is 67.5 Å². The Kier molecular flexibility index (Phi) is 8.01. The molecule has 3 N–H and O–H groups in total. The van der Waals surface area contributed by atoms with Crippen LogP contribution in [-0.4, -0.2) is 63.4 Å². The molecule has 11 nitrogen and oxygen atoms in total. The SMILES string of the molecule is COc1cc([C@H]2C3=CC[C@@H]4C(=O)N(CCCC(=O)O)C(=O)[C@@H]4[C@@H]3C[C@H]3C(=O)N(Nc4ccc(C)cc4)C(=O)[C@@]23c2ccccc2)ccc1O. The van der Waals surface area contributed by atoms with E-state index in [1.54, 1.807) is 24.3 Å².